The lowest BCUT2D eigenvalue weighted by Gasteiger charge is -2.15. The molecule has 1 N–H and O–H groups in total. The average Bonchev–Trinajstić information content (AvgIpc) is 3.06. The van der Waals surface area contributed by atoms with E-state index >= 15 is 0 Å². The second-order valence-corrected chi connectivity index (χ2v) is 8.42. The van der Waals surface area contributed by atoms with E-state index in [1.54, 1.807) is 6.20 Å². The van der Waals surface area contributed by atoms with E-state index in [-0.39, 0.29) is 11.7 Å². The second-order valence-electron chi connectivity index (χ2n) is 7.48. The summed E-state index contributed by atoms with van der Waals surface area (Å²) in [7, 11) is 0. The highest BCUT2D eigenvalue weighted by molar-refractivity contribution is 7.99. The highest BCUT2D eigenvalue weighted by atomic mass is 32.2. The van der Waals surface area contributed by atoms with Gasteiger partial charge in [0.25, 0.3) is 0 Å². The third-order valence-electron chi connectivity index (χ3n) is 5.00. The molecule has 1 amide bonds. The third-order valence-corrected chi connectivity index (χ3v) is 5.93. The van der Waals surface area contributed by atoms with Gasteiger partial charge in [-0.15, -0.1) is 0 Å². The van der Waals surface area contributed by atoms with Crippen LogP contribution in [0.5, 0.6) is 0 Å². The molecule has 0 saturated heterocycles. The maximum Gasteiger partial charge on any atom is 0.234 e. The van der Waals surface area contributed by atoms with Gasteiger partial charge in [-0.25, -0.2) is 9.97 Å². The number of carbonyl (C=O) groups excluding carboxylic acids is 1. The molecule has 2 heterocycles. The molecule has 0 unspecified atom stereocenters. The Bertz CT molecular complexity index is 1220. The molecule has 2 aromatic heterocycles. The minimum absolute atomic E-state index is 0.0572. The standard InChI is InChI=1S/C24H24N4OS/c1-15-12-17(3)22(18(4)13-15)28-23-20(10-7-11-25-23)27-24(28)30-14-21(29)26-19-9-6-5-8-16(19)2/h5-13H,14H2,1-4H3,(H,26,29). The predicted molar refractivity (Wildman–Crippen MR) is 124 cm³/mol. The minimum atomic E-state index is -0.0572. The lowest BCUT2D eigenvalue weighted by molar-refractivity contribution is -0.113. The fourth-order valence-electron chi connectivity index (χ4n) is 3.74. The largest absolute Gasteiger partial charge is 0.325 e. The van der Waals surface area contributed by atoms with Gasteiger partial charge in [0, 0.05) is 11.9 Å². The number of nitrogens with zero attached hydrogens (tertiary/aromatic N) is 3. The number of anilines is 1. The summed E-state index contributed by atoms with van der Waals surface area (Å²) in [5.41, 5.74) is 8.10. The molecule has 0 spiro atoms. The van der Waals surface area contributed by atoms with E-state index in [4.69, 9.17) is 4.98 Å². The normalized spacial score (nSPS) is 11.1. The molecule has 4 aromatic rings. The zero-order valence-corrected chi connectivity index (χ0v) is 18.4. The monoisotopic (exact) mass is 416 g/mol. The molecule has 0 fully saturated rings. The van der Waals surface area contributed by atoms with Crippen LogP contribution in [-0.4, -0.2) is 26.2 Å². The molecule has 6 heteroatoms. The van der Waals surface area contributed by atoms with Crippen molar-refractivity contribution < 1.29 is 4.79 Å². The third kappa shape index (κ3) is 3.96. The van der Waals surface area contributed by atoms with Gasteiger partial charge in [0.15, 0.2) is 10.8 Å². The fraction of sp³-hybridized carbons (Fsp3) is 0.208. The number of pyridine rings is 1. The Labute approximate surface area is 180 Å². The van der Waals surface area contributed by atoms with Crippen molar-refractivity contribution in [2.75, 3.05) is 11.1 Å². The van der Waals surface area contributed by atoms with Crippen LogP contribution in [0.4, 0.5) is 5.69 Å². The van der Waals surface area contributed by atoms with Crippen molar-refractivity contribution in [3.8, 4) is 5.69 Å². The van der Waals surface area contributed by atoms with E-state index in [0.717, 1.165) is 44.4 Å². The summed E-state index contributed by atoms with van der Waals surface area (Å²) in [6.07, 6.45) is 1.78. The van der Waals surface area contributed by atoms with Gasteiger partial charge in [-0.1, -0.05) is 47.7 Å². The Kier molecular flexibility index (Phi) is 5.59. The summed E-state index contributed by atoms with van der Waals surface area (Å²) in [5.74, 6) is 0.208. The molecule has 0 aliphatic rings. The van der Waals surface area contributed by atoms with Crippen molar-refractivity contribution >= 4 is 34.5 Å². The van der Waals surface area contributed by atoms with Crippen LogP contribution in [0.15, 0.2) is 59.9 Å². The number of amides is 1. The summed E-state index contributed by atoms with van der Waals surface area (Å²) >= 11 is 1.42. The number of aryl methyl sites for hydroxylation is 4. The number of hydrogen-bond donors (Lipinski definition) is 1. The van der Waals surface area contributed by atoms with Crippen molar-refractivity contribution in [2.24, 2.45) is 0 Å². The van der Waals surface area contributed by atoms with Crippen molar-refractivity contribution in [1.29, 1.82) is 0 Å². The van der Waals surface area contributed by atoms with Crippen molar-refractivity contribution in [3.05, 3.63) is 77.0 Å². The van der Waals surface area contributed by atoms with E-state index in [0.29, 0.717) is 0 Å². The van der Waals surface area contributed by atoms with Crippen molar-refractivity contribution in [1.82, 2.24) is 14.5 Å². The Balaban J connectivity index is 1.68. The summed E-state index contributed by atoms with van der Waals surface area (Å²) in [5, 5.41) is 3.75. The summed E-state index contributed by atoms with van der Waals surface area (Å²) < 4.78 is 2.07. The number of nitrogens with one attached hydrogen (secondary N) is 1. The SMILES string of the molecule is Cc1cc(C)c(-n2c(SCC(=O)Nc3ccccc3C)nc3cccnc32)c(C)c1. The number of hydrogen-bond acceptors (Lipinski definition) is 4. The molecule has 30 heavy (non-hydrogen) atoms. The van der Waals surface area contributed by atoms with Gasteiger partial charge in [0.1, 0.15) is 5.52 Å². The van der Waals surface area contributed by atoms with Gasteiger partial charge in [-0.05, 0) is 62.6 Å². The molecular weight excluding hydrogens is 392 g/mol. The molecule has 4 rings (SSSR count). The van der Waals surface area contributed by atoms with Gasteiger partial charge in [0.05, 0.1) is 11.4 Å². The molecule has 0 bridgehead atoms. The summed E-state index contributed by atoms with van der Waals surface area (Å²) in [6.45, 7) is 8.28. The first-order valence-electron chi connectivity index (χ1n) is 9.84. The zero-order valence-electron chi connectivity index (χ0n) is 17.6. The number of thioether (sulfide) groups is 1. The van der Waals surface area contributed by atoms with E-state index in [2.05, 4.69) is 47.8 Å². The van der Waals surface area contributed by atoms with Crippen LogP contribution < -0.4 is 5.32 Å². The number of para-hydroxylation sites is 1. The van der Waals surface area contributed by atoms with Crippen LogP contribution in [0.25, 0.3) is 16.9 Å². The highest BCUT2D eigenvalue weighted by Gasteiger charge is 2.18. The zero-order chi connectivity index (χ0) is 21.3. The van der Waals surface area contributed by atoms with E-state index in [1.165, 1.54) is 17.3 Å². The Morgan fingerprint density at radius 2 is 1.73 bits per heavy atom. The molecule has 0 atom stereocenters. The van der Waals surface area contributed by atoms with Gasteiger partial charge in [-0.2, -0.15) is 0 Å². The van der Waals surface area contributed by atoms with E-state index < -0.39 is 0 Å². The van der Waals surface area contributed by atoms with E-state index in [1.807, 2.05) is 43.3 Å². The molecular formula is C24H24N4OS. The van der Waals surface area contributed by atoms with Crippen LogP contribution in [-0.2, 0) is 4.79 Å². The lowest BCUT2D eigenvalue weighted by Crippen LogP contribution is -2.15. The number of carbonyl (C=O) groups is 1. The first kappa shape index (κ1) is 20.2. The summed E-state index contributed by atoms with van der Waals surface area (Å²) in [4.78, 5) is 21.9. The molecule has 152 valence electrons. The molecule has 0 aliphatic heterocycles. The molecule has 0 saturated carbocycles. The van der Waals surface area contributed by atoms with E-state index in [9.17, 15) is 4.79 Å². The van der Waals surface area contributed by atoms with Gasteiger partial charge in [-0.3, -0.25) is 9.36 Å². The molecule has 2 aromatic carbocycles. The fourth-order valence-corrected chi connectivity index (χ4v) is 4.55. The smallest absolute Gasteiger partial charge is 0.234 e. The Hall–Kier alpha value is -3.12. The second kappa shape index (κ2) is 8.32. The van der Waals surface area contributed by atoms with Gasteiger partial charge in [0.2, 0.25) is 5.91 Å². The number of fused-ring (bicyclic) bond motifs is 1. The molecule has 5 nitrogen and oxygen atoms in total. The summed E-state index contributed by atoms with van der Waals surface area (Å²) in [6, 6.07) is 15.9. The van der Waals surface area contributed by atoms with Gasteiger partial charge >= 0.3 is 0 Å². The van der Waals surface area contributed by atoms with Crippen LogP contribution >= 0.6 is 11.8 Å². The van der Waals surface area contributed by atoms with Crippen LogP contribution in [0.1, 0.15) is 22.3 Å². The Morgan fingerprint density at radius 3 is 2.47 bits per heavy atom. The number of imidazole rings is 1. The quantitative estimate of drug-likeness (QED) is 0.444. The first-order valence-corrected chi connectivity index (χ1v) is 10.8. The number of aromatic nitrogens is 3. The number of rotatable bonds is 5. The predicted octanol–water partition coefficient (Wildman–Crippen LogP) is 5.38. The lowest BCUT2D eigenvalue weighted by atomic mass is 10.1. The minimum Gasteiger partial charge on any atom is -0.325 e. The first-order chi connectivity index (χ1) is 14.4. The average molecular weight is 417 g/mol. The van der Waals surface area contributed by atoms with Crippen LogP contribution in [0.2, 0.25) is 0 Å². The maximum atomic E-state index is 12.6. The molecule has 0 aliphatic carbocycles. The van der Waals surface area contributed by atoms with Gasteiger partial charge < -0.3 is 5.32 Å². The van der Waals surface area contributed by atoms with Crippen LogP contribution in [0.3, 0.4) is 0 Å². The van der Waals surface area contributed by atoms with Crippen molar-refractivity contribution in [2.45, 2.75) is 32.9 Å². The molecule has 0 radical (unpaired) electrons. The topological polar surface area (TPSA) is 59.8 Å². The van der Waals surface area contributed by atoms with Crippen LogP contribution in [0, 0.1) is 27.7 Å². The van der Waals surface area contributed by atoms with Crippen molar-refractivity contribution in [3.63, 3.8) is 0 Å². The number of benzene rings is 2. The Morgan fingerprint density at radius 1 is 1.00 bits per heavy atom. The highest BCUT2D eigenvalue weighted by Crippen LogP contribution is 2.31. The maximum absolute atomic E-state index is 12.6.